The fourth-order valence-corrected chi connectivity index (χ4v) is 3.99. The number of benzene rings is 2. The number of anilines is 1. The lowest BCUT2D eigenvalue weighted by Crippen LogP contribution is -2.23. The fraction of sp³-hybridized carbons (Fsp3) is 0.393. The van der Waals surface area contributed by atoms with E-state index < -0.39 is 0 Å². The summed E-state index contributed by atoms with van der Waals surface area (Å²) >= 11 is 0. The molecule has 3 rings (SSSR count). The van der Waals surface area contributed by atoms with E-state index in [0.717, 1.165) is 61.4 Å². The topological polar surface area (TPSA) is 67.2 Å². The number of nitrogens with zero attached hydrogens (tertiary/aromatic N) is 3. The van der Waals surface area contributed by atoms with E-state index in [-0.39, 0.29) is 18.1 Å². The number of aromatic nitrogens is 2. The van der Waals surface area contributed by atoms with Crippen LogP contribution < -0.4 is 5.32 Å². The highest BCUT2D eigenvalue weighted by Gasteiger charge is 2.11. The van der Waals surface area contributed by atoms with Crippen molar-refractivity contribution in [2.45, 2.75) is 52.9 Å². The molecule has 6 heteroatoms. The second kappa shape index (κ2) is 12.8. The Morgan fingerprint density at radius 2 is 1.79 bits per heavy atom. The zero-order valence-corrected chi connectivity index (χ0v) is 20.6. The predicted molar refractivity (Wildman–Crippen MR) is 138 cm³/mol. The number of carbonyl (C=O) groups is 2. The minimum absolute atomic E-state index is 0.0845. The van der Waals surface area contributed by atoms with Gasteiger partial charge in [0.25, 0.3) is 0 Å². The number of hydrogen-bond donors (Lipinski definition) is 1. The molecular weight excluding hydrogens is 424 g/mol. The van der Waals surface area contributed by atoms with E-state index in [9.17, 15) is 9.59 Å². The Hall–Kier alpha value is -3.25. The van der Waals surface area contributed by atoms with E-state index in [1.807, 2.05) is 61.7 Å². The molecule has 6 nitrogen and oxygen atoms in total. The van der Waals surface area contributed by atoms with Crippen LogP contribution in [0.15, 0.2) is 60.9 Å². The molecule has 0 saturated heterocycles. The van der Waals surface area contributed by atoms with Gasteiger partial charge in [0.05, 0.1) is 18.3 Å². The summed E-state index contributed by atoms with van der Waals surface area (Å²) in [6.45, 7) is 9.59. The Bertz CT molecular complexity index is 1090. The number of para-hydroxylation sites is 1. The Kier molecular flexibility index (Phi) is 9.59. The number of amides is 1. The molecule has 0 bridgehead atoms. The van der Waals surface area contributed by atoms with Crippen LogP contribution in [-0.2, 0) is 11.2 Å². The van der Waals surface area contributed by atoms with Gasteiger partial charge >= 0.3 is 0 Å². The van der Waals surface area contributed by atoms with Crippen LogP contribution in [0.25, 0.3) is 5.69 Å². The Balaban J connectivity index is 1.53. The van der Waals surface area contributed by atoms with E-state index >= 15 is 0 Å². The summed E-state index contributed by atoms with van der Waals surface area (Å²) in [4.78, 5) is 27.6. The van der Waals surface area contributed by atoms with Crippen LogP contribution in [0.1, 0.15) is 61.0 Å². The highest BCUT2D eigenvalue weighted by atomic mass is 16.1. The quantitative estimate of drug-likeness (QED) is 0.272. The van der Waals surface area contributed by atoms with Crippen molar-refractivity contribution < 1.29 is 9.59 Å². The van der Waals surface area contributed by atoms with Gasteiger partial charge in [0, 0.05) is 23.9 Å². The molecule has 0 aliphatic rings. The number of hydrogen-bond acceptors (Lipinski definition) is 4. The molecule has 0 atom stereocenters. The molecule has 0 radical (unpaired) electrons. The number of ketones is 1. The molecule has 3 aromatic rings. The van der Waals surface area contributed by atoms with Crippen molar-refractivity contribution in [3.05, 3.63) is 77.6 Å². The van der Waals surface area contributed by atoms with Crippen molar-refractivity contribution in [2.24, 2.45) is 0 Å². The Morgan fingerprint density at radius 3 is 2.56 bits per heavy atom. The molecule has 0 saturated carbocycles. The van der Waals surface area contributed by atoms with Crippen LogP contribution >= 0.6 is 0 Å². The summed E-state index contributed by atoms with van der Waals surface area (Å²) in [5.41, 5.74) is 4.18. The summed E-state index contributed by atoms with van der Waals surface area (Å²) in [7, 11) is 0. The first-order chi connectivity index (χ1) is 16.5. The van der Waals surface area contributed by atoms with Gasteiger partial charge in [-0.3, -0.25) is 9.59 Å². The second-order valence-corrected chi connectivity index (χ2v) is 8.64. The lowest BCUT2D eigenvalue weighted by atomic mass is 10.0. The van der Waals surface area contributed by atoms with Crippen LogP contribution in [0.2, 0.25) is 0 Å². The van der Waals surface area contributed by atoms with Crippen LogP contribution in [0.4, 0.5) is 5.69 Å². The highest BCUT2D eigenvalue weighted by molar-refractivity contribution is 5.96. The molecule has 0 aliphatic carbocycles. The lowest BCUT2D eigenvalue weighted by molar-refractivity contribution is -0.115. The van der Waals surface area contributed by atoms with Gasteiger partial charge in [-0.05, 0) is 68.7 Å². The van der Waals surface area contributed by atoms with Gasteiger partial charge in [-0.15, -0.1) is 0 Å². The third kappa shape index (κ3) is 7.39. The summed E-state index contributed by atoms with van der Waals surface area (Å²) in [5, 5.41) is 7.35. The van der Waals surface area contributed by atoms with Crippen LogP contribution in [0, 0.1) is 6.92 Å². The fourth-order valence-electron chi connectivity index (χ4n) is 3.99. The highest BCUT2D eigenvalue weighted by Crippen LogP contribution is 2.16. The largest absolute Gasteiger partial charge is 0.326 e. The molecule has 180 valence electrons. The molecular formula is C28H36N4O2. The van der Waals surface area contributed by atoms with Gasteiger partial charge in [-0.1, -0.05) is 50.6 Å². The smallest absolute Gasteiger partial charge is 0.228 e. The van der Waals surface area contributed by atoms with Crippen molar-refractivity contribution in [2.75, 3.05) is 25.0 Å². The minimum Gasteiger partial charge on any atom is -0.326 e. The first kappa shape index (κ1) is 25.4. The van der Waals surface area contributed by atoms with Crippen molar-refractivity contribution in [3.8, 4) is 5.69 Å². The summed E-state index contributed by atoms with van der Waals surface area (Å²) in [5.74, 6) is 0.0773. The summed E-state index contributed by atoms with van der Waals surface area (Å²) in [6, 6.07) is 15.3. The van der Waals surface area contributed by atoms with E-state index in [0.29, 0.717) is 12.0 Å². The lowest BCUT2D eigenvalue weighted by Gasteiger charge is -2.17. The maximum absolute atomic E-state index is 12.7. The minimum atomic E-state index is -0.0845. The number of nitrogens with one attached hydrogen (secondary N) is 1. The van der Waals surface area contributed by atoms with Crippen LogP contribution in [-0.4, -0.2) is 46.0 Å². The first-order valence-corrected chi connectivity index (χ1v) is 12.2. The standard InChI is InChI=1S/C28H36N4O2/c1-4-31(5-2)17-10-6-7-16-27(33)24-13-11-14-25(19-24)32-21-23(20-29-32)18-28(34)30-26-15-9-8-12-22(26)3/h8-9,11-15,19-21H,4-7,10,16-18H2,1-3H3,(H,30,34). The normalized spacial score (nSPS) is 11.1. The van der Waals surface area contributed by atoms with Crippen molar-refractivity contribution in [1.82, 2.24) is 14.7 Å². The average Bonchev–Trinajstić information content (AvgIpc) is 3.31. The van der Waals surface area contributed by atoms with Crippen molar-refractivity contribution in [3.63, 3.8) is 0 Å². The summed E-state index contributed by atoms with van der Waals surface area (Å²) in [6.07, 6.45) is 7.44. The molecule has 2 aromatic carbocycles. The van der Waals surface area contributed by atoms with Gasteiger partial charge in [0.15, 0.2) is 5.78 Å². The molecule has 1 aromatic heterocycles. The molecule has 0 fully saturated rings. The first-order valence-electron chi connectivity index (χ1n) is 12.2. The molecule has 1 heterocycles. The number of carbonyl (C=O) groups excluding carboxylic acids is 2. The molecule has 1 N–H and O–H groups in total. The molecule has 0 aliphatic heterocycles. The number of rotatable bonds is 13. The van der Waals surface area contributed by atoms with Gasteiger partial charge in [0.2, 0.25) is 5.91 Å². The van der Waals surface area contributed by atoms with E-state index in [2.05, 4.69) is 29.2 Å². The Labute approximate surface area is 203 Å². The maximum atomic E-state index is 12.7. The van der Waals surface area contributed by atoms with E-state index in [1.54, 1.807) is 10.9 Å². The van der Waals surface area contributed by atoms with Gasteiger partial charge in [0.1, 0.15) is 0 Å². The zero-order valence-electron chi connectivity index (χ0n) is 20.6. The molecule has 0 spiro atoms. The number of Topliss-reactive ketones (excluding diaryl/α,β-unsaturated/α-hetero) is 1. The van der Waals surface area contributed by atoms with Crippen LogP contribution in [0.5, 0.6) is 0 Å². The van der Waals surface area contributed by atoms with E-state index in [1.165, 1.54) is 0 Å². The molecule has 0 unspecified atom stereocenters. The zero-order chi connectivity index (χ0) is 24.3. The predicted octanol–water partition coefficient (Wildman–Crippen LogP) is 5.45. The van der Waals surface area contributed by atoms with Crippen LogP contribution in [0.3, 0.4) is 0 Å². The molecule has 1 amide bonds. The number of unbranched alkanes of at least 4 members (excludes halogenated alkanes) is 2. The van der Waals surface area contributed by atoms with Gasteiger partial charge < -0.3 is 10.2 Å². The molecule has 34 heavy (non-hydrogen) atoms. The third-order valence-electron chi connectivity index (χ3n) is 6.13. The van der Waals surface area contributed by atoms with Gasteiger partial charge in [-0.25, -0.2) is 4.68 Å². The van der Waals surface area contributed by atoms with Gasteiger partial charge in [-0.2, -0.15) is 5.10 Å². The number of aryl methyl sites for hydroxylation is 1. The van der Waals surface area contributed by atoms with Crippen molar-refractivity contribution in [1.29, 1.82) is 0 Å². The maximum Gasteiger partial charge on any atom is 0.228 e. The average molecular weight is 461 g/mol. The third-order valence-corrected chi connectivity index (χ3v) is 6.13. The van der Waals surface area contributed by atoms with E-state index in [4.69, 9.17) is 0 Å². The van der Waals surface area contributed by atoms with Crippen molar-refractivity contribution >= 4 is 17.4 Å². The second-order valence-electron chi connectivity index (χ2n) is 8.64. The SMILES string of the molecule is CCN(CC)CCCCCC(=O)c1cccc(-n2cc(CC(=O)Nc3ccccc3C)cn2)c1. The Morgan fingerprint density at radius 1 is 1.00 bits per heavy atom. The summed E-state index contributed by atoms with van der Waals surface area (Å²) < 4.78 is 1.72. The monoisotopic (exact) mass is 460 g/mol.